The number of nitrogens with one attached hydrogen (secondary N) is 1. The predicted molar refractivity (Wildman–Crippen MR) is 124 cm³/mol. The normalized spacial score (nSPS) is 15.6. The first kappa shape index (κ1) is 25.4. The molecule has 1 unspecified atom stereocenters. The second kappa shape index (κ2) is 9.54. The van der Waals surface area contributed by atoms with E-state index in [0.717, 1.165) is 0 Å². The second-order valence-corrected chi connectivity index (χ2v) is 11.0. The summed E-state index contributed by atoms with van der Waals surface area (Å²) in [6.45, 7) is 6.31. The van der Waals surface area contributed by atoms with Crippen LogP contribution in [0.25, 0.3) is 0 Å². The highest BCUT2D eigenvalue weighted by molar-refractivity contribution is 7.90. The van der Waals surface area contributed by atoms with Crippen LogP contribution in [0.1, 0.15) is 50.0 Å². The number of carbonyl (C=O) groups excluding carboxylic acids is 3. The van der Waals surface area contributed by atoms with Crippen molar-refractivity contribution in [2.45, 2.75) is 57.1 Å². The molecule has 0 saturated heterocycles. The number of carbonyl (C=O) groups is 3. The first-order valence-corrected chi connectivity index (χ1v) is 12.3. The van der Waals surface area contributed by atoms with E-state index < -0.39 is 51.7 Å². The molecule has 0 bridgehead atoms. The van der Waals surface area contributed by atoms with Gasteiger partial charge in [0.15, 0.2) is 0 Å². The maximum atomic E-state index is 13.4. The van der Waals surface area contributed by atoms with Gasteiger partial charge in [-0.1, -0.05) is 31.2 Å². The molecule has 0 aromatic heterocycles. The lowest BCUT2D eigenvalue weighted by molar-refractivity contribution is -0.141. The van der Waals surface area contributed by atoms with Crippen molar-refractivity contribution >= 4 is 27.7 Å². The fraction of sp³-hybridized carbons (Fsp3) is 0.375. The number of benzene rings is 2. The molecular formula is C24H28FN3O5S. The van der Waals surface area contributed by atoms with Gasteiger partial charge in [-0.05, 0) is 57.0 Å². The van der Waals surface area contributed by atoms with Crippen molar-refractivity contribution < 1.29 is 27.2 Å². The van der Waals surface area contributed by atoms with E-state index in [4.69, 9.17) is 0 Å². The molecule has 0 aliphatic carbocycles. The predicted octanol–water partition coefficient (Wildman–Crippen LogP) is 2.69. The number of sulfonamides is 1. The standard InChI is InChI=1S/C24H28FN3O5S/c1-5-19(22(30)26-24(2,3)4)27(14-16-10-12-17(25)13-11-16)21(29)15-28-23(31)18-8-6-7-9-20(18)34(28,32)33/h6-13,19H,5,14-15H2,1-4H3,(H,26,30). The minimum Gasteiger partial charge on any atom is -0.350 e. The van der Waals surface area contributed by atoms with Gasteiger partial charge in [0.2, 0.25) is 11.8 Å². The third kappa shape index (κ3) is 5.27. The van der Waals surface area contributed by atoms with Gasteiger partial charge in [0, 0.05) is 12.1 Å². The maximum Gasteiger partial charge on any atom is 0.269 e. The van der Waals surface area contributed by atoms with Crippen LogP contribution in [0.15, 0.2) is 53.4 Å². The van der Waals surface area contributed by atoms with Crippen LogP contribution in [0.2, 0.25) is 0 Å². The van der Waals surface area contributed by atoms with Crippen molar-refractivity contribution in [3.8, 4) is 0 Å². The summed E-state index contributed by atoms with van der Waals surface area (Å²) in [6, 6.07) is 10.3. The molecule has 2 aromatic rings. The highest BCUT2D eigenvalue weighted by Gasteiger charge is 2.43. The molecule has 182 valence electrons. The Hall–Kier alpha value is -3.27. The zero-order valence-corrected chi connectivity index (χ0v) is 20.4. The van der Waals surface area contributed by atoms with E-state index in [1.807, 2.05) is 0 Å². The fourth-order valence-corrected chi connectivity index (χ4v) is 5.28. The van der Waals surface area contributed by atoms with Crippen molar-refractivity contribution in [1.82, 2.24) is 14.5 Å². The molecule has 10 heteroatoms. The van der Waals surface area contributed by atoms with Gasteiger partial charge in [-0.15, -0.1) is 0 Å². The molecule has 1 aliphatic rings. The molecule has 0 saturated carbocycles. The molecule has 0 spiro atoms. The van der Waals surface area contributed by atoms with Gasteiger partial charge in [0.1, 0.15) is 23.3 Å². The van der Waals surface area contributed by atoms with Crippen molar-refractivity contribution in [1.29, 1.82) is 0 Å². The van der Waals surface area contributed by atoms with Crippen LogP contribution in [-0.2, 0) is 26.2 Å². The number of halogens is 1. The maximum absolute atomic E-state index is 13.4. The smallest absolute Gasteiger partial charge is 0.269 e. The van der Waals surface area contributed by atoms with Gasteiger partial charge in [0.25, 0.3) is 15.9 Å². The summed E-state index contributed by atoms with van der Waals surface area (Å²) in [5.74, 6) is -2.38. The zero-order valence-electron chi connectivity index (χ0n) is 19.5. The largest absolute Gasteiger partial charge is 0.350 e. The number of hydrogen-bond donors (Lipinski definition) is 1. The first-order chi connectivity index (χ1) is 15.8. The Balaban J connectivity index is 1.93. The second-order valence-electron chi connectivity index (χ2n) is 9.12. The summed E-state index contributed by atoms with van der Waals surface area (Å²) in [6.07, 6.45) is 0.246. The van der Waals surface area contributed by atoms with Crippen molar-refractivity contribution in [3.63, 3.8) is 0 Å². The Labute approximate surface area is 198 Å². The lowest BCUT2D eigenvalue weighted by Gasteiger charge is -2.33. The minimum absolute atomic E-state index is 0.00194. The molecule has 1 heterocycles. The molecule has 1 N–H and O–H groups in total. The Morgan fingerprint density at radius 3 is 2.26 bits per heavy atom. The molecule has 0 radical (unpaired) electrons. The Bertz CT molecular complexity index is 1210. The molecule has 3 rings (SSSR count). The van der Waals surface area contributed by atoms with Crippen LogP contribution in [0.3, 0.4) is 0 Å². The SMILES string of the molecule is CCC(C(=O)NC(C)(C)C)N(Cc1ccc(F)cc1)C(=O)CN1C(=O)c2ccccc2S1(=O)=O. The van der Waals surface area contributed by atoms with E-state index >= 15 is 0 Å². The number of fused-ring (bicyclic) bond motifs is 1. The Morgan fingerprint density at radius 2 is 1.71 bits per heavy atom. The van der Waals surface area contributed by atoms with Crippen LogP contribution in [-0.4, -0.2) is 53.5 Å². The third-order valence-corrected chi connectivity index (χ3v) is 7.13. The summed E-state index contributed by atoms with van der Waals surface area (Å²) in [5, 5.41) is 2.84. The van der Waals surface area contributed by atoms with Crippen molar-refractivity contribution in [2.75, 3.05) is 6.54 Å². The third-order valence-electron chi connectivity index (χ3n) is 5.34. The molecule has 0 fully saturated rings. The molecular weight excluding hydrogens is 461 g/mol. The summed E-state index contributed by atoms with van der Waals surface area (Å²) >= 11 is 0. The Morgan fingerprint density at radius 1 is 1.09 bits per heavy atom. The topological polar surface area (TPSA) is 104 Å². The summed E-state index contributed by atoms with van der Waals surface area (Å²) in [7, 11) is -4.20. The van der Waals surface area contributed by atoms with Crippen LogP contribution in [0.5, 0.6) is 0 Å². The molecule has 1 aliphatic heterocycles. The average Bonchev–Trinajstić information content (AvgIpc) is 2.94. The van der Waals surface area contributed by atoms with E-state index in [-0.39, 0.29) is 23.4 Å². The quantitative estimate of drug-likeness (QED) is 0.644. The number of amides is 3. The van der Waals surface area contributed by atoms with Gasteiger partial charge >= 0.3 is 0 Å². The zero-order chi connectivity index (χ0) is 25.3. The van der Waals surface area contributed by atoms with E-state index in [1.54, 1.807) is 33.8 Å². The van der Waals surface area contributed by atoms with E-state index in [2.05, 4.69) is 5.32 Å². The van der Waals surface area contributed by atoms with Crippen LogP contribution in [0.4, 0.5) is 4.39 Å². The molecule has 8 nitrogen and oxygen atoms in total. The number of hydrogen-bond acceptors (Lipinski definition) is 5. The van der Waals surface area contributed by atoms with Crippen LogP contribution < -0.4 is 5.32 Å². The highest BCUT2D eigenvalue weighted by atomic mass is 32.2. The molecule has 2 aromatic carbocycles. The number of nitrogens with zero attached hydrogens (tertiary/aromatic N) is 2. The van der Waals surface area contributed by atoms with Crippen molar-refractivity contribution in [3.05, 3.63) is 65.5 Å². The fourth-order valence-electron chi connectivity index (χ4n) is 3.76. The minimum atomic E-state index is -4.20. The number of rotatable bonds is 7. The van der Waals surface area contributed by atoms with Crippen molar-refractivity contribution in [2.24, 2.45) is 0 Å². The monoisotopic (exact) mass is 489 g/mol. The van der Waals surface area contributed by atoms with Crippen LogP contribution in [0, 0.1) is 5.82 Å². The van der Waals surface area contributed by atoms with E-state index in [1.165, 1.54) is 47.4 Å². The molecule has 3 amide bonds. The lowest BCUT2D eigenvalue weighted by atomic mass is 10.1. The highest BCUT2D eigenvalue weighted by Crippen LogP contribution is 2.30. The Kier molecular flexibility index (Phi) is 7.11. The summed E-state index contributed by atoms with van der Waals surface area (Å²) in [5.41, 5.74) is -0.0149. The molecule has 1 atom stereocenters. The van der Waals surface area contributed by atoms with Gasteiger partial charge < -0.3 is 10.2 Å². The van der Waals surface area contributed by atoms with E-state index in [0.29, 0.717) is 9.87 Å². The lowest BCUT2D eigenvalue weighted by Crippen LogP contribution is -2.55. The van der Waals surface area contributed by atoms with Crippen LogP contribution >= 0.6 is 0 Å². The van der Waals surface area contributed by atoms with E-state index in [9.17, 15) is 27.2 Å². The van der Waals surface area contributed by atoms with Gasteiger partial charge in [-0.3, -0.25) is 14.4 Å². The van der Waals surface area contributed by atoms with Gasteiger partial charge in [0.05, 0.1) is 5.56 Å². The summed E-state index contributed by atoms with van der Waals surface area (Å²) in [4.78, 5) is 40.3. The van der Waals surface area contributed by atoms with Gasteiger partial charge in [-0.25, -0.2) is 17.1 Å². The first-order valence-electron chi connectivity index (χ1n) is 10.9. The molecule has 34 heavy (non-hydrogen) atoms. The summed E-state index contributed by atoms with van der Waals surface area (Å²) < 4.78 is 39.8. The average molecular weight is 490 g/mol. The van der Waals surface area contributed by atoms with Gasteiger partial charge in [-0.2, -0.15) is 0 Å².